The molecule has 0 saturated carbocycles. The predicted octanol–water partition coefficient (Wildman–Crippen LogP) is 3.95. The van der Waals surface area contributed by atoms with Crippen LogP contribution in [0.5, 0.6) is 0 Å². The molecular formula is C15H15BrN4OS2. The van der Waals surface area contributed by atoms with E-state index in [1.54, 1.807) is 22.7 Å². The summed E-state index contributed by atoms with van der Waals surface area (Å²) in [5.41, 5.74) is 2.27. The predicted molar refractivity (Wildman–Crippen MR) is 97.2 cm³/mol. The number of carbonyl (C=O) groups excluding carboxylic acids is 1. The van der Waals surface area contributed by atoms with E-state index in [4.69, 9.17) is 0 Å². The highest BCUT2D eigenvalue weighted by molar-refractivity contribution is 9.10. The molecule has 8 heteroatoms. The number of aryl methyl sites for hydroxylation is 2. The van der Waals surface area contributed by atoms with Crippen LogP contribution in [-0.4, -0.2) is 27.6 Å². The lowest BCUT2D eigenvalue weighted by molar-refractivity contribution is 0.0948. The minimum atomic E-state index is -0.173. The van der Waals surface area contributed by atoms with Crippen molar-refractivity contribution < 1.29 is 4.79 Å². The number of nitrogens with one attached hydrogen (secondary N) is 2. The van der Waals surface area contributed by atoms with Gasteiger partial charge in [-0.1, -0.05) is 0 Å². The summed E-state index contributed by atoms with van der Waals surface area (Å²) < 4.78 is 0.715. The van der Waals surface area contributed by atoms with Crippen LogP contribution in [-0.2, 0) is 6.42 Å². The summed E-state index contributed by atoms with van der Waals surface area (Å²) in [6, 6.07) is 4.18. The molecule has 0 atom stereocenters. The van der Waals surface area contributed by atoms with Crippen molar-refractivity contribution in [2.75, 3.05) is 6.54 Å². The third-order valence-electron chi connectivity index (χ3n) is 3.28. The molecule has 0 aliphatic rings. The Kier molecular flexibility index (Phi) is 4.93. The number of H-pyrrole nitrogens is 1. The Bertz CT molecular complexity index is 836. The number of nitrogens with zero attached hydrogens (tertiary/aromatic N) is 2. The Hall–Kier alpha value is -1.51. The van der Waals surface area contributed by atoms with Crippen molar-refractivity contribution >= 4 is 44.5 Å². The third-order valence-corrected chi connectivity index (χ3v) is 6.19. The molecule has 3 heterocycles. The second-order valence-electron chi connectivity index (χ2n) is 5.03. The summed E-state index contributed by atoms with van der Waals surface area (Å²) in [6.45, 7) is 4.45. The van der Waals surface area contributed by atoms with Crippen molar-refractivity contribution in [3.8, 4) is 10.6 Å². The van der Waals surface area contributed by atoms with E-state index in [2.05, 4.69) is 53.9 Å². The second kappa shape index (κ2) is 6.94. The number of carbonyl (C=O) groups is 1. The van der Waals surface area contributed by atoms with Gasteiger partial charge < -0.3 is 5.32 Å². The minimum Gasteiger partial charge on any atom is -0.350 e. The fourth-order valence-electron chi connectivity index (χ4n) is 2.08. The van der Waals surface area contributed by atoms with Crippen LogP contribution in [0.15, 0.2) is 22.0 Å². The summed E-state index contributed by atoms with van der Waals surface area (Å²) in [7, 11) is 0. The van der Waals surface area contributed by atoms with Gasteiger partial charge in [-0.05, 0) is 48.3 Å². The quantitative estimate of drug-likeness (QED) is 0.668. The summed E-state index contributed by atoms with van der Waals surface area (Å²) in [5.74, 6) is -0.173. The van der Waals surface area contributed by atoms with Gasteiger partial charge >= 0.3 is 0 Å². The third kappa shape index (κ3) is 3.70. The molecule has 3 aromatic rings. The first-order valence-electron chi connectivity index (χ1n) is 7.04. The molecule has 3 rings (SSSR count). The summed E-state index contributed by atoms with van der Waals surface area (Å²) >= 11 is 6.73. The average Bonchev–Trinajstić information content (AvgIpc) is 3.22. The molecule has 0 aliphatic heterocycles. The van der Waals surface area contributed by atoms with Crippen LogP contribution < -0.4 is 5.32 Å². The van der Waals surface area contributed by atoms with Gasteiger partial charge in [0.05, 0.1) is 20.1 Å². The van der Waals surface area contributed by atoms with Crippen molar-refractivity contribution in [1.29, 1.82) is 0 Å². The fourth-order valence-corrected chi connectivity index (χ4v) is 4.09. The van der Waals surface area contributed by atoms with Crippen molar-refractivity contribution in [3.63, 3.8) is 0 Å². The Labute approximate surface area is 150 Å². The van der Waals surface area contributed by atoms with Crippen molar-refractivity contribution in [2.24, 2.45) is 0 Å². The van der Waals surface area contributed by atoms with Gasteiger partial charge in [-0.2, -0.15) is 5.10 Å². The Balaban J connectivity index is 1.56. The summed E-state index contributed by atoms with van der Waals surface area (Å²) in [5, 5.41) is 12.8. The van der Waals surface area contributed by atoms with Crippen molar-refractivity contribution in [1.82, 2.24) is 20.5 Å². The van der Waals surface area contributed by atoms with Crippen LogP contribution in [0.1, 0.15) is 26.1 Å². The molecule has 0 radical (unpaired) electrons. The normalized spacial score (nSPS) is 10.9. The van der Waals surface area contributed by atoms with Gasteiger partial charge in [0.1, 0.15) is 0 Å². The van der Waals surface area contributed by atoms with Gasteiger partial charge in [0.2, 0.25) is 0 Å². The molecule has 1 amide bonds. The molecule has 0 fully saturated rings. The second-order valence-corrected chi connectivity index (χ2v) is 8.06. The Morgan fingerprint density at radius 2 is 2.22 bits per heavy atom. The van der Waals surface area contributed by atoms with E-state index < -0.39 is 0 Å². The van der Waals surface area contributed by atoms with Crippen molar-refractivity contribution in [2.45, 2.75) is 20.3 Å². The van der Waals surface area contributed by atoms with E-state index in [-0.39, 0.29) is 5.91 Å². The minimum absolute atomic E-state index is 0.173. The average molecular weight is 411 g/mol. The lowest BCUT2D eigenvalue weighted by Crippen LogP contribution is -2.26. The monoisotopic (exact) mass is 410 g/mol. The molecule has 0 aromatic carbocycles. The molecule has 120 valence electrons. The molecule has 0 unspecified atom stereocenters. The maximum Gasteiger partial charge on any atom is 0.272 e. The SMILES string of the molecule is Cc1nc(-c2ccc(CCNC(=O)c3n[nH]c(C)c3Br)s2)cs1. The summed E-state index contributed by atoms with van der Waals surface area (Å²) in [4.78, 5) is 19.0. The van der Waals surface area contributed by atoms with E-state index in [1.165, 1.54) is 9.75 Å². The van der Waals surface area contributed by atoms with Gasteiger partial charge in [-0.25, -0.2) is 4.98 Å². The van der Waals surface area contributed by atoms with E-state index in [1.807, 2.05) is 13.8 Å². The number of amides is 1. The standard InChI is InChI=1S/C15H15BrN4OS2/c1-8-13(16)14(20-19-8)15(21)17-6-5-10-3-4-12(23-10)11-7-22-9(2)18-11/h3-4,7H,5-6H2,1-2H3,(H,17,21)(H,19,20). The van der Waals surface area contributed by atoms with Crippen LogP contribution in [0, 0.1) is 13.8 Å². The summed E-state index contributed by atoms with van der Waals surface area (Å²) in [6.07, 6.45) is 0.792. The maximum absolute atomic E-state index is 12.1. The molecular weight excluding hydrogens is 396 g/mol. The number of aromatic nitrogens is 3. The zero-order valence-corrected chi connectivity index (χ0v) is 15.9. The molecule has 3 aromatic heterocycles. The number of aromatic amines is 1. The molecule has 0 aliphatic carbocycles. The van der Waals surface area contributed by atoms with Crippen LogP contribution in [0.3, 0.4) is 0 Å². The molecule has 23 heavy (non-hydrogen) atoms. The van der Waals surface area contributed by atoms with Gasteiger partial charge in [-0.3, -0.25) is 9.89 Å². The van der Waals surface area contributed by atoms with Crippen molar-refractivity contribution in [3.05, 3.63) is 43.3 Å². The lowest BCUT2D eigenvalue weighted by Gasteiger charge is -2.02. The van der Waals surface area contributed by atoms with Crippen LogP contribution in [0.25, 0.3) is 10.6 Å². The number of rotatable bonds is 5. The lowest BCUT2D eigenvalue weighted by atomic mass is 10.3. The first-order chi connectivity index (χ1) is 11.0. The first-order valence-corrected chi connectivity index (χ1v) is 9.53. The molecule has 2 N–H and O–H groups in total. The van der Waals surface area contributed by atoms with Gasteiger partial charge in [-0.15, -0.1) is 22.7 Å². The number of hydrogen-bond acceptors (Lipinski definition) is 5. The van der Waals surface area contributed by atoms with Crippen LogP contribution >= 0.6 is 38.6 Å². The van der Waals surface area contributed by atoms with E-state index in [0.717, 1.165) is 22.8 Å². The molecule has 0 spiro atoms. The Morgan fingerprint density at radius 3 is 2.87 bits per heavy atom. The van der Waals surface area contributed by atoms with E-state index in [0.29, 0.717) is 16.7 Å². The molecule has 5 nitrogen and oxygen atoms in total. The highest BCUT2D eigenvalue weighted by Gasteiger charge is 2.15. The highest BCUT2D eigenvalue weighted by Crippen LogP contribution is 2.29. The number of halogens is 1. The zero-order chi connectivity index (χ0) is 16.4. The highest BCUT2D eigenvalue weighted by atomic mass is 79.9. The first kappa shape index (κ1) is 16.4. The smallest absolute Gasteiger partial charge is 0.272 e. The van der Waals surface area contributed by atoms with E-state index in [9.17, 15) is 4.79 Å². The van der Waals surface area contributed by atoms with Gasteiger partial charge in [0.25, 0.3) is 5.91 Å². The van der Waals surface area contributed by atoms with Crippen LogP contribution in [0.4, 0.5) is 0 Å². The maximum atomic E-state index is 12.1. The largest absolute Gasteiger partial charge is 0.350 e. The fraction of sp³-hybridized carbons (Fsp3) is 0.267. The van der Waals surface area contributed by atoms with E-state index >= 15 is 0 Å². The topological polar surface area (TPSA) is 70.7 Å². The van der Waals surface area contributed by atoms with Crippen LogP contribution in [0.2, 0.25) is 0 Å². The van der Waals surface area contributed by atoms with Gasteiger partial charge in [0, 0.05) is 22.5 Å². The molecule has 0 saturated heterocycles. The molecule has 0 bridgehead atoms. The zero-order valence-electron chi connectivity index (χ0n) is 12.6. The number of hydrogen-bond donors (Lipinski definition) is 2. The number of thiophene rings is 1. The Morgan fingerprint density at radius 1 is 1.39 bits per heavy atom. The van der Waals surface area contributed by atoms with Gasteiger partial charge in [0.15, 0.2) is 5.69 Å². The number of thiazole rings is 1.